The van der Waals surface area contributed by atoms with Crippen LogP contribution in [0.4, 0.5) is 10.1 Å². The molecule has 0 spiro atoms. The van der Waals surface area contributed by atoms with Crippen LogP contribution in [0.5, 0.6) is 0 Å². The van der Waals surface area contributed by atoms with E-state index in [1.165, 1.54) is 6.07 Å². The highest BCUT2D eigenvalue weighted by Crippen LogP contribution is 2.47. The molecule has 1 aliphatic heterocycles. The second-order valence-corrected chi connectivity index (χ2v) is 8.69. The summed E-state index contributed by atoms with van der Waals surface area (Å²) in [5, 5.41) is 10.0. The Balaban J connectivity index is 2.00. The molecule has 2 N–H and O–H groups in total. The van der Waals surface area contributed by atoms with Gasteiger partial charge in [0.1, 0.15) is 11.6 Å². The second kappa shape index (κ2) is 7.73. The Kier molecular flexibility index (Phi) is 5.25. The standard InChI is InChI=1S/C24H21BrFN3O/c1-13-6-8-16(14(2)10-13)22-17(12-27)24(28)29(19-9-7-15(25)11-18(19)26)20-4-3-5-21(30)23(20)22/h6-11,22H,3-5,28H2,1-2H3. The SMILES string of the molecule is Cc1ccc(C2C(C#N)=C(N)N(c3ccc(Br)cc3F)C3=C2C(=O)CCC3)c(C)c1. The van der Waals surface area contributed by atoms with E-state index in [1.807, 2.05) is 32.0 Å². The summed E-state index contributed by atoms with van der Waals surface area (Å²) in [4.78, 5) is 14.7. The molecule has 0 saturated heterocycles. The van der Waals surface area contributed by atoms with Crippen LogP contribution in [0, 0.1) is 31.0 Å². The third-order valence-corrected chi connectivity index (χ3v) is 6.29. The third-order valence-electron chi connectivity index (χ3n) is 5.80. The summed E-state index contributed by atoms with van der Waals surface area (Å²) in [6.45, 7) is 3.98. The van der Waals surface area contributed by atoms with Crippen molar-refractivity contribution < 1.29 is 9.18 Å². The highest BCUT2D eigenvalue weighted by atomic mass is 79.9. The van der Waals surface area contributed by atoms with Gasteiger partial charge in [-0.3, -0.25) is 9.69 Å². The van der Waals surface area contributed by atoms with Crippen LogP contribution < -0.4 is 10.6 Å². The molecule has 1 aliphatic carbocycles. The number of carbonyl (C=O) groups is 1. The third kappa shape index (κ3) is 3.23. The number of halogens is 2. The number of hydrogen-bond acceptors (Lipinski definition) is 4. The lowest BCUT2D eigenvalue weighted by atomic mass is 9.74. The van der Waals surface area contributed by atoms with Crippen molar-refractivity contribution in [3.63, 3.8) is 0 Å². The van der Waals surface area contributed by atoms with Crippen LogP contribution in [-0.2, 0) is 4.79 Å². The van der Waals surface area contributed by atoms with Gasteiger partial charge in [-0.15, -0.1) is 0 Å². The second-order valence-electron chi connectivity index (χ2n) is 7.77. The molecule has 4 rings (SSSR count). The number of nitriles is 1. The van der Waals surface area contributed by atoms with Crippen molar-refractivity contribution in [3.8, 4) is 6.07 Å². The summed E-state index contributed by atoms with van der Waals surface area (Å²) >= 11 is 3.27. The lowest BCUT2D eigenvalue weighted by molar-refractivity contribution is -0.116. The number of rotatable bonds is 2. The summed E-state index contributed by atoms with van der Waals surface area (Å²) in [5.74, 6) is -0.839. The van der Waals surface area contributed by atoms with Crippen molar-refractivity contribution >= 4 is 27.4 Å². The summed E-state index contributed by atoms with van der Waals surface area (Å²) < 4.78 is 15.5. The quantitative estimate of drug-likeness (QED) is 0.634. The Morgan fingerprint density at radius 2 is 1.97 bits per heavy atom. The molecular formula is C24H21BrFN3O. The zero-order valence-electron chi connectivity index (χ0n) is 16.8. The zero-order chi connectivity index (χ0) is 21.6. The summed E-state index contributed by atoms with van der Waals surface area (Å²) in [6.07, 6.45) is 1.67. The van der Waals surface area contributed by atoms with Crippen LogP contribution in [0.15, 0.2) is 63.5 Å². The van der Waals surface area contributed by atoms with Gasteiger partial charge in [-0.1, -0.05) is 39.7 Å². The molecule has 30 heavy (non-hydrogen) atoms. The van der Waals surface area contributed by atoms with E-state index < -0.39 is 11.7 Å². The van der Waals surface area contributed by atoms with Crippen molar-refractivity contribution in [2.24, 2.45) is 5.73 Å². The fourth-order valence-corrected chi connectivity index (χ4v) is 4.82. The summed E-state index contributed by atoms with van der Waals surface area (Å²) in [6, 6.07) is 12.9. The van der Waals surface area contributed by atoms with Crippen molar-refractivity contribution in [3.05, 3.63) is 86.0 Å². The van der Waals surface area contributed by atoms with Crippen LogP contribution >= 0.6 is 15.9 Å². The van der Waals surface area contributed by atoms with Crippen LogP contribution in [0.2, 0.25) is 0 Å². The number of Topliss-reactive ketones (excluding diaryl/α,β-unsaturated/α-hetero) is 1. The van der Waals surface area contributed by atoms with Gasteiger partial charge in [0.15, 0.2) is 5.78 Å². The average Bonchev–Trinajstić information content (AvgIpc) is 2.69. The van der Waals surface area contributed by atoms with E-state index in [4.69, 9.17) is 5.73 Å². The Hall–Kier alpha value is -2.91. The number of nitrogens with two attached hydrogens (primary N) is 1. The van der Waals surface area contributed by atoms with Gasteiger partial charge in [-0.05, 0) is 56.0 Å². The highest BCUT2D eigenvalue weighted by Gasteiger charge is 2.41. The number of allylic oxidation sites excluding steroid dienone is 3. The Labute approximate surface area is 183 Å². The Morgan fingerprint density at radius 3 is 2.63 bits per heavy atom. The molecule has 152 valence electrons. The molecule has 1 heterocycles. The van der Waals surface area contributed by atoms with Gasteiger partial charge in [-0.2, -0.15) is 5.26 Å². The first-order valence-corrected chi connectivity index (χ1v) is 10.6. The predicted molar refractivity (Wildman–Crippen MR) is 118 cm³/mol. The molecule has 0 radical (unpaired) electrons. The number of nitrogens with zero attached hydrogens (tertiary/aromatic N) is 2. The van der Waals surface area contributed by atoms with E-state index in [0.717, 1.165) is 16.7 Å². The van der Waals surface area contributed by atoms with E-state index in [-0.39, 0.29) is 22.9 Å². The molecule has 0 bridgehead atoms. The number of benzene rings is 2. The smallest absolute Gasteiger partial charge is 0.161 e. The minimum atomic E-state index is -0.534. The molecule has 2 aromatic rings. The maximum atomic E-state index is 14.9. The lowest BCUT2D eigenvalue weighted by Gasteiger charge is -2.40. The van der Waals surface area contributed by atoms with E-state index in [1.54, 1.807) is 17.0 Å². The van der Waals surface area contributed by atoms with Gasteiger partial charge in [0.25, 0.3) is 0 Å². The first-order chi connectivity index (χ1) is 14.3. The van der Waals surface area contributed by atoms with Crippen LogP contribution in [0.3, 0.4) is 0 Å². The molecule has 0 saturated carbocycles. The average molecular weight is 466 g/mol. The van der Waals surface area contributed by atoms with E-state index in [9.17, 15) is 14.4 Å². The summed E-state index contributed by atoms with van der Waals surface area (Å²) in [5.41, 5.74) is 11.2. The normalized spacial score (nSPS) is 19.1. The molecule has 1 unspecified atom stereocenters. The van der Waals surface area contributed by atoms with Crippen LogP contribution in [0.1, 0.15) is 41.9 Å². The van der Waals surface area contributed by atoms with E-state index in [0.29, 0.717) is 35.0 Å². The first kappa shape index (κ1) is 20.4. The number of aryl methyl sites for hydroxylation is 2. The molecular weight excluding hydrogens is 445 g/mol. The van der Waals surface area contributed by atoms with Crippen molar-refractivity contribution in [2.75, 3.05) is 4.90 Å². The molecule has 1 atom stereocenters. The highest BCUT2D eigenvalue weighted by molar-refractivity contribution is 9.10. The monoisotopic (exact) mass is 465 g/mol. The largest absolute Gasteiger partial charge is 0.384 e. The minimum Gasteiger partial charge on any atom is -0.384 e. The van der Waals surface area contributed by atoms with Gasteiger partial charge in [-0.25, -0.2) is 4.39 Å². The number of ketones is 1. The molecule has 4 nitrogen and oxygen atoms in total. The molecule has 0 aromatic heterocycles. The van der Waals surface area contributed by atoms with Gasteiger partial charge in [0.2, 0.25) is 0 Å². The predicted octanol–water partition coefficient (Wildman–Crippen LogP) is 5.51. The van der Waals surface area contributed by atoms with Crippen LogP contribution in [0.25, 0.3) is 0 Å². The summed E-state index contributed by atoms with van der Waals surface area (Å²) in [7, 11) is 0. The van der Waals surface area contributed by atoms with Crippen molar-refractivity contribution in [1.82, 2.24) is 0 Å². The van der Waals surface area contributed by atoms with Gasteiger partial charge in [0.05, 0.1) is 23.2 Å². The topological polar surface area (TPSA) is 70.1 Å². The fourth-order valence-electron chi connectivity index (χ4n) is 4.48. The number of anilines is 1. The number of carbonyl (C=O) groups excluding carboxylic acids is 1. The molecule has 2 aromatic carbocycles. The maximum absolute atomic E-state index is 14.9. The van der Waals surface area contributed by atoms with E-state index >= 15 is 0 Å². The molecule has 6 heteroatoms. The first-order valence-electron chi connectivity index (χ1n) is 9.81. The Bertz CT molecular complexity index is 1180. The number of hydrogen-bond donors (Lipinski definition) is 1. The van der Waals surface area contributed by atoms with Gasteiger partial charge < -0.3 is 5.73 Å². The van der Waals surface area contributed by atoms with Crippen molar-refractivity contribution in [1.29, 1.82) is 5.26 Å². The fraction of sp³-hybridized carbons (Fsp3) is 0.250. The molecule has 2 aliphatic rings. The minimum absolute atomic E-state index is 0.0102. The maximum Gasteiger partial charge on any atom is 0.161 e. The lowest BCUT2D eigenvalue weighted by Crippen LogP contribution is -2.39. The zero-order valence-corrected chi connectivity index (χ0v) is 18.4. The van der Waals surface area contributed by atoms with Gasteiger partial charge in [0, 0.05) is 22.2 Å². The Morgan fingerprint density at radius 1 is 1.20 bits per heavy atom. The van der Waals surface area contributed by atoms with Crippen molar-refractivity contribution in [2.45, 2.75) is 39.0 Å². The van der Waals surface area contributed by atoms with E-state index in [2.05, 4.69) is 22.0 Å². The van der Waals surface area contributed by atoms with Crippen LogP contribution in [-0.4, -0.2) is 5.78 Å². The molecule has 0 fully saturated rings. The van der Waals surface area contributed by atoms with Gasteiger partial charge >= 0.3 is 0 Å². The molecule has 0 amide bonds.